The normalized spacial score (nSPS) is 10.8. The minimum absolute atomic E-state index is 0.0253. The van der Waals surface area contributed by atoms with Crippen molar-refractivity contribution in [2.75, 3.05) is 19.0 Å². The summed E-state index contributed by atoms with van der Waals surface area (Å²) in [5.74, 6) is 1.53. The molecule has 0 atom stereocenters. The van der Waals surface area contributed by atoms with Crippen LogP contribution in [-0.2, 0) is 11.4 Å². The summed E-state index contributed by atoms with van der Waals surface area (Å²) >= 11 is 0. The predicted octanol–water partition coefficient (Wildman–Crippen LogP) is 5.53. The first-order chi connectivity index (χ1) is 16.0. The van der Waals surface area contributed by atoms with Gasteiger partial charge in [0.1, 0.15) is 35.5 Å². The monoisotopic (exact) mass is 442 g/mol. The second-order valence-corrected chi connectivity index (χ2v) is 7.26. The Bertz CT molecular complexity index is 1190. The molecule has 3 aromatic carbocycles. The first-order valence-corrected chi connectivity index (χ1v) is 10.5. The molecule has 0 aliphatic carbocycles. The Kier molecular flexibility index (Phi) is 8.09. The number of nitrogens with zero attached hydrogens (tertiary/aromatic N) is 1. The van der Waals surface area contributed by atoms with Crippen molar-refractivity contribution in [3.05, 3.63) is 89.0 Å². The van der Waals surface area contributed by atoms with Crippen molar-refractivity contribution in [1.82, 2.24) is 0 Å². The van der Waals surface area contributed by atoms with Crippen LogP contribution in [0.2, 0.25) is 0 Å². The van der Waals surface area contributed by atoms with Gasteiger partial charge in [0.15, 0.2) is 0 Å². The highest BCUT2D eigenvalue weighted by molar-refractivity contribution is 6.09. The lowest BCUT2D eigenvalue weighted by molar-refractivity contribution is -0.112. The van der Waals surface area contributed by atoms with Gasteiger partial charge in [0.25, 0.3) is 5.91 Å². The molecule has 0 radical (unpaired) electrons. The molecule has 1 amide bonds. The molecule has 0 aliphatic rings. The first-order valence-electron chi connectivity index (χ1n) is 10.5. The van der Waals surface area contributed by atoms with E-state index in [1.165, 1.54) is 6.08 Å². The third-order valence-electron chi connectivity index (χ3n) is 4.77. The van der Waals surface area contributed by atoms with Gasteiger partial charge in [0, 0.05) is 17.3 Å². The maximum Gasteiger partial charge on any atom is 0.266 e. The SMILES string of the molecule is CCOc1cccc(NC(=O)C(C#N)=Cc2ccc(COc3cccc(C)c3)c(OC)c2)c1. The molecular formula is C27H26N2O4. The number of amides is 1. The molecule has 6 nitrogen and oxygen atoms in total. The fraction of sp³-hybridized carbons (Fsp3) is 0.185. The van der Waals surface area contributed by atoms with Crippen LogP contribution in [0.15, 0.2) is 72.3 Å². The van der Waals surface area contributed by atoms with E-state index in [-0.39, 0.29) is 5.57 Å². The zero-order valence-corrected chi connectivity index (χ0v) is 18.9. The van der Waals surface area contributed by atoms with Gasteiger partial charge in [0.2, 0.25) is 0 Å². The molecule has 0 fully saturated rings. The number of rotatable bonds is 9. The third-order valence-corrected chi connectivity index (χ3v) is 4.77. The molecule has 0 unspecified atom stereocenters. The molecule has 168 valence electrons. The lowest BCUT2D eigenvalue weighted by Gasteiger charge is -2.12. The average Bonchev–Trinajstić information content (AvgIpc) is 2.82. The van der Waals surface area contributed by atoms with Gasteiger partial charge in [-0.3, -0.25) is 4.79 Å². The van der Waals surface area contributed by atoms with Crippen molar-refractivity contribution >= 4 is 17.7 Å². The average molecular weight is 443 g/mol. The van der Waals surface area contributed by atoms with Gasteiger partial charge >= 0.3 is 0 Å². The second-order valence-electron chi connectivity index (χ2n) is 7.26. The molecule has 0 aliphatic heterocycles. The standard InChI is InChI=1S/C27H26N2O4/c1-4-32-25-10-6-8-23(16-25)29-27(30)22(17-28)14-20-11-12-21(26(15-20)31-3)18-33-24-9-5-7-19(2)13-24/h5-16H,4,18H2,1-3H3,(H,29,30). The van der Waals surface area contributed by atoms with E-state index in [0.717, 1.165) is 16.9 Å². The van der Waals surface area contributed by atoms with Gasteiger partial charge in [-0.15, -0.1) is 0 Å². The summed E-state index contributed by atoms with van der Waals surface area (Å²) < 4.78 is 16.8. The Hall–Kier alpha value is -4.24. The van der Waals surface area contributed by atoms with E-state index in [1.54, 1.807) is 37.4 Å². The zero-order chi connectivity index (χ0) is 23.6. The molecule has 33 heavy (non-hydrogen) atoms. The quantitative estimate of drug-likeness (QED) is 0.348. The molecule has 1 N–H and O–H groups in total. The van der Waals surface area contributed by atoms with E-state index in [9.17, 15) is 10.1 Å². The number of nitriles is 1. The highest BCUT2D eigenvalue weighted by Crippen LogP contribution is 2.24. The van der Waals surface area contributed by atoms with Crippen LogP contribution in [-0.4, -0.2) is 19.6 Å². The number of ether oxygens (including phenoxy) is 3. The number of benzene rings is 3. The predicted molar refractivity (Wildman–Crippen MR) is 128 cm³/mol. The highest BCUT2D eigenvalue weighted by Gasteiger charge is 2.12. The van der Waals surface area contributed by atoms with Crippen LogP contribution in [0, 0.1) is 18.3 Å². The number of aryl methyl sites for hydroxylation is 1. The van der Waals surface area contributed by atoms with Crippen LogP contribution in [0.4, 0.5) is 5.69 Å². The van der Waals surface area contributed by atoms with Gasteiger partial charge in [-0.1, -0.05) is 30.3 Å². The second kappa shape index (κ2) is 11.4. The Labute approximate surface area is 194 Å². The Morgan fingerprint density at radius 1 is 1.03 bits per heavy atom. The van der Waals surface area contributed by atoms with E-state index in [1.807, 2.05) is 56.3 Å². The van der Waals surface area contributed by atoms with Gasteiger partial charge < -0.3 is 19.5 Å². The molecule has 0 heterocycles. The smallest absolute Gasteiger partial charge is 0.266 e. The number of carbonyl (C=O) groups is 1. The number of methoxy groups -OCH3 is 1. The topological polar surface area (TPSA) is 80.6 Å². The fourth-order valence-electron chi connectivity index (χ4n) is 3.18. The van der Waals surface area contributed by atoms with Crippen LogP contribution in [0.1, 0.15) is 23.6 Å². The van der Waals surface area contributed by atoms with Gasteiger partial charge in [-0.2, -0.15) is 5.26 Å². The van der Waals surface area contributed by atoms with E-state index in [0.29, 0.717) is 36.0 Å². The maximum atomic E-state index is 12.6. The van der Waals surface area contributed by atoms with Crippen LogP contribution < -0.4 is 19.5 Å². The number of hydrogen-bond acceptors (Lipinski definition) is 5. The molecule has 0 spiro atoms. The maximum absolute atomic E-state index is 12.6. The number of carbonyl (C=O) groups excluding carboxylic acids is 1. The first kappa shape index (κ1) is 23.4. The minimum atomic E-state index is -0.503. The van der Waals surface area contributed by atoms with Gasteiger partial charge in [-0.25, -0.2) is 0 Å². The highest BCUT2D eigenvalue weighted by atomic mass is 16.5. The largest absolute Gasteiger partial charge is 0.496 e. The molecular weight excluding hydrogens is 416 g/mol. The lowest BCUT2D eigenvalue weighted by Crippen LogP contribution is -2.13. The van der Waals surface area contributed by atoms with Crippen LogP contribution in [0.5, 0.6) is 17.2 Å². The van der Waals surface area contributed by atoms with Crippen molar-refractivity contribution in [1.29, 1.82) is 5.26 Å². The van der Waals surface area contributed by atoms with Crippen LogP contribution in [0.25, 0.3) is 6.08 Å². The van der Waals surface area contributed by atoms with E-state index in [2.05, 4.69) is 5.32 Å². The van der Waals surface area contributed by atoms with Crippen molar-refractivity contribution in [3.8, 4) is 23.3 Å². The summed E-state index contributed by atoms with van der Waals surface area (Å²) in [6, 6.07) is 22.3. The number of anilines is 1. The Morgan fingerprint density at radius 3 is 2.48 bits per heavy atom. The van der Waals surface area contributed by atoms with E-state index in [4.69, 9.17) is 14.2 Å². The number of hydrogen-bond donors (Lipinski definition) is 1. The van der Waals surface area contributed by atoms with Crippen LogP contribution >= 0.6 is 0 Å². The van der Waals surface area contributed by atoms with Crippen molar-refractivity contribution in [2.24, 2.45) is 0 Å². The lowest BCUT2D eigenvalue weighted by atomic mass is 10.1. The summed E-state index contributed by atoms with van der Waals surface area (Å²) in [7, 11) is 1.57. The molecule has 3 aromatic rings. The van der Waals surface area contributed by atoms with Crippen molar-refractivity contribution in [3.63, 3.8) is 0 Å². The molecule has 0 saturated heterocycles. The number of nitrogens with one attached hydrogen (secondary N) is 1. The molecule has 0 saturated carbocycles. The van der Waals surface area contributed by atoms with Gasteiger partial charge in [-0.05, 0) is 61.4 Å². The van der Waals surface area contributed by atoms with E-state index < -0.39 is 5.91 Å². The summed E-state index contributed by atoms with van der Waals surface area (Å²) in [5, 5.41) is 12.3. The zero-order valence-electron chi connectivity index (χ0n) is 18.9. The summed E-state index contributed by atoms with van der Waals surface area (Å²) in [6.45, 7) is 4.75. The summed E-state index contributed by atoms with van der Waals surface area (Å²) in [6.07, 6.45) is 1.52. The summed E-state index contributed by atoms with van der Waals surface area (Å²) in [5.41, 5.74) is 3.16. The molecule has 0 aromatic heterocycles. The minimum Gasteiger partial charge on any atom is -0.496 e. The fourth-order valence-corrected chi connectivity index (χ4v) is 3.18. The molecule has 0 bridgehead atoms. The van der Waals surface area contributed by atoms with Crippen molar-refractivity contribution in [2.45, 2.75) is 20.5 Å². The van der Waals surface area contributed by atoms with Crippen LogP contribution in [0.3, 0.4) is 0 Å². The van der Waals surface area contributed by atoms with Crippen molar-refractivity contribution < 1.29 is 19.0 Å². The van der Waals surface area contributed by atoms with E-state index >= 15 is 0 Å². The molecule has 3 rings (SSSR count). The summed E-state index contributed by atoms with van der Waals surface area (Å²) in [4.78, 5) is 12.6. The van der Waals surface area contributed by atoms with Gasteiger partial charge in [0.05, 0.1) is 13.7 Å². The Balaban J connectivity index is 1.74. The Morgan fingerprint density at radius 2 is 1.79 bits per heavy atom. The molecule has 6 heteroatoms. The third kappa shape index (κ3) is 6.62.